The number of aliphatic imine (C=N–C) groups is 1. The standard InChI is InChI=1S/C33H27N3O4S/c37-32(35-24-9-2-1-3-10-24)31-27-12-6-7-13-30(27)41-33(31)34-20-28-26-11-5-4-8-23(26)16-19-29(28)40-21-22-14-17-25(18-15-22)36(38)39/h1-5,8-11,14-20H,6-7,12-13,21H2,(H,35,37). The van der Waals surface area contributed by atoms with Crippen molar-refractivity contribution in [3.8, 4) is 5.75 Å². The van der Waals surface area contributed by atoms with Gasteiger partial charge in [0.25, 0.3) is 11.6 Å². The number of thiophene rings is 1. The molecule has 1 aliphatic rings. The summed E-state index contributed by atoms with van der Waals surface area (Å²) in [5.74, 6) is 0.498. The van der Waals surface area contributed by atoms with Crippen LogP contribution in [0.25, 0.3) is 10.8 Å². The van der Waals surface area contributed by atoms with E-state index in [-0.39, 0.29) is 18.2 Å². The summed E-state index contributed by atoms with van der Waals surface area (Å²) in [4.78, 5) is 30.3. The maximum absolute atomic E-state index is 13.5. The molecule has 0 atom stereocenters. The molecular formula is C33H27N3O4S. The number of anilines is 1. The van der Waals surface area contributed by atoms with Gasteiger partial charge in [0.15, 0.2) is 0 Å². The fourth-order valence-corrected chi connectivity index (χ4v) is 6.35. The molecule has 0 spiro atoms. The van der Waals surface area contributed by atoms with Crippen LogP contribution in [0.5, 0.6) is 5.75 Å². The number of rotatable bonds is 8. The van der Waals surface area contributed by atoms with E-state index >= 15 is 0 Å². The zero-order valence-corrected chi connectivity index (χ0v) is 23.0. The molecule has 0 saturated carbocycles. The first-order valence-corrected chi connectivity index (χ1v) is 14.3. The van der Waals surface area contributed by atoms with Crippen molar-refractivity contribution in [1.82, 2.24) is 0 Å². The van der Waals surface area contributed by atoms with Gasteiger partial charge in [0.05, 0.1) is 10.5 Å². The maximum Gasteiger partial charge on any atom is 0.269 e. The number of para-hydroxylation sites is 1. The highest BCUT2D eigenvalue weighted by molar-refractivity contribution is 7.16. The molecule has 4 aromatic carbocycles. The van der Waals surface area contributed by atoms with E-state index in [0.29, 0.717) is 16.3 Å². The molecule has 1 heterocycles. The van der Waals surface area contributed by atoms with Crippen LogP contribution in [0.3, 0.4) is 0 Å². The van der Waals surface area contributed by atoms with Crippen LogP contribution < -0.4 is 10.1 Å². The molecule has 0 unspecified atom stereocenters. The summed E-state index contributed by atoms with van der Waals surface area (Å²) in [6, 6.07) is 27.8. The van der Waals surface area contributed by atoms with Gasteiger partial charge < -0.3 is 10.1 Å². The van der Waals surface area contributed by atoms with Gasteiger partial charge in [0.1, 0.15) is 17.4 Å². The topological polar surface area (TPSA) is 93.8 Å². The number of non-ortho nitro benzene ring substituents is 1. The van der Waals surface area contributed by atoms with Crippen molar-refractivity contribution in [2.24, 2.45) is 4.99 Å². The number of aryl methyl sites for hydroxylation is 1. The lowest BCUT2D eigenvalue weighted by atomic mass is 9.95. The molecule has 6 rings (SSSR count). The number of hydrogen-bond donors (Lipinski definition) is 1. The molecule has 0 fully saturated rings. The number of nitro benzene ring substituents is 1. The predicted molar refractivity (Wildman–Crippen MR) is 164 cm³/mol. The lowest BCUT2D eigenvalue weighted by Crippen LogP contribution is -2.14. The third-order valence-electron chi connectivity index (χ3n) is 7.19. The predicted octanol–water partition coefficient (Wildman–Crippen LogP) is 8.27. The highest BCUT2D eigenvalue weighted by Crippen LogP contribution is 2.40. The number of amides is 1. The molecule has 0 saturated heterocycles. The number of benzene rings is 4. The van der Waals surface area contributed by atoms with E-state index in [9.17, 15) is 14.9 Å². The summed E-state index contributed by atoms with van der Waals surface area (Å²) in [6.07, 6.45) is 5.79. The van der Waals surface area contributed by atoms with E-state index in [1.54, 1.807) is 29.7 Å². The minimum atomic E-state index is -0.417. The minimum Gasteiger partial charge on any atom is -0.488 e. The molecule has 1 amide bonds. The van der Waals surface area contributed by atoms with Crippen molar-refractivity contribution >= 4 is 50.6 Å². The second-order valence-corrected chi connectivity index (χ2v) is 11.0. The van der Waals surface area contributed by atoms with Crippen LogP contribution in [0.1, 0.15) is 44.8 Å². The number of nitro groups is 1. The van der Waals surface area contributed by atoms with Gasteiger partial charge in [0.2, 0.25) is 0 Å². The fourth-order valence-electron chi connectivity index (χ4n) is 5.12. The summed E-state index contributed by atoms with van der Waals surface area (Å²) in [5.41, 5.74) is 4.17. The second kappa shape index (κ2) is 11.7. The first kappa shape index (κ1) is 26.4. The molecule has 0 aliphatic heterocycles. The van der Waals surface area contributed by atoms with E-state index in [1.165, 1.54) is 17.0 Å². The highest BCUT2D eigenvalue weighted by Gasteiger charge is 2.25. The Balaban J connectivity index is 1.35. The maximum atomic E-state index is 13.5. The Labute approximate surface area is 241 Å². The Hall–Kier alpha value is -4.82. The van der Waals surface area contributed by atoms with Crippen molar-refractivity contribution in [2.45, 2.75) is 32.3 Å². The second-order valence-electron chi connectivity index (χ2n) is 9.88. The van der Waals surface area contributed by atoms with Crippen molar-refractivity contribution < 1.29 is 14.5 Å². The number of carbonyl (C=O) groups excluding carboxylic acids is 1. The molecule has 41 heavy (non-hydrogen) atoms. The normalized spacial score (nSPS) is 12.8. The average Bonchev–Trinajstić information content (AvgIpc) is 3.38. The van der Waals surface area contributed by atoms with Crippen LogP contribution in [0.4, 0.5) is 16.4 Å². The molecule has 8 heteroatoms. The van der Waals surface area contributed by atoms with Crippen molar-refractivity contribution in [1.29, 1.82) is 0 Å². The Kier molecular flexibility index (Phi) is 7.56. The zero-order chi connectivity index (χ0) is 28.2. The van der Waals surface area contributed by atoms with Crippen LogP contribution >= 0.6 is 11.3 Å². The van der Waals surface area contributed by atoms with Gasteiger partial charge in [0, 0.05) is 34.5 Å². The van der Waals surface area contributed by atoms with Gasteiger partial charge in [-0.3, -0.25) is 14.9 Å². The number of hydrogen-bond acceptors (Lipinski definition) is 6. The summed E-state index contributed by atoms with van der Waals surface area (Å²) in [5, 5.41) is 16.8. The van der Waals surface area contributed by atoms with E-state index in [2.05, 4.69) is 5.32 Å². The monoisotopic (exact) mass is 561 g/mol. The van der Waals surface area contributed by atoms with E-state index in [0.717, 1.165) is 58.8 Å². The van der Waals surface area contributed by atoms with E-state index in [4.69, 9.17) is 9.73 Å². The quantitative estimate of drug-likeness (QED) is 0.117. The lowest BCUT2D eigenvalue weighted by Gasteiger charge is -2.13. The molecule has 5 aromatic rings. The summed E-state index contributed by atoms with van der Waals surface area (Å²) in [7, 11) is 0. The lowest BCUT2D eigenvalue weighted by molar-refractivity contribution is -0.384. The molecule has 1 N–H and O–H groups in total. The van der Waals surface area contributed by atoms with Crippen LogP contribution in [-0.4, -0.2) is 17.0 Å². The number of nitrogens with zero attached hydrogens (tertiary/aromatic N) is 2. The van der Waals surface area contributed by atoms with Crippen molar-refractivity contribution in [3.05, 3.63) is 128 Å². The molecular weight excluding hydrogens is 534 g/mol. The minimum absolute atomic E-state index is 0.0398. The van der Waals surface area contributed by atoms with Crippen LogP contribution in [0.2, 0.25) is 0 Å². The van der Waals surface area contributed by atoms with Gasteiger partial charge in [-0.1, -0.05) is 48.5 Å². The first-order valence-electron chi connectivity index (χ1n) is 13.5. The van der Waals surface area contributed by atoms with Crippen molar-refractivity contribution in [3.63, 3.8) is 0 Å². The van der Waals surface area contributed by atoms with Crippen LogP contribution in [0.15, 0.2) is 96.0 Å². The SMILES string of the molecule is O=C(Nc1ccccc1)c1c(N=Cc2c(OCc3ccc([N+](=O)[O-])cc3)ccc3ccccc23)sc2c1CCCC2. The van der Waals surface area contributed by atoms with Gasteiger partial charge >= 0.3 is 0 Å². The number of ether oxygens (including phenoxy) is 1. The third-order valence-corrected chi connectivity index (χ3v) is 8.39. The number of carbonyl (C=O) groups is 1. The van der Waals surface area contributed by atoms with E-state index < -0.39 is 4.92 Å². The molecule has 204 valence electrons. The first-order chi connectivity index (χ1) is 20.1. The number of fused-ring (bicyclic) bond motifs is 2. The summed E-state index contributed by atoms with van der Waals surface area (Å²) < 4.78 is 6.22. The molecule has 0 radical (unpaired) electrons. The Morgan fingerprint density at radius 1 is 0.951 bits per heavy atom. The van der Waals surface area contributed by atoms with Crippen LogP contribution in [0, 0.1) is 10.1 Å². The van der Waals surface area contributed by atoms with Gasteiger partial charge in [-0.15, -0.1) is 11.3 Å². The Morgan fingerprint density at radius 3 is 2.51 bits per heavy atom. The summed E-state index contributed by atoms with van der Waals surface area (Å²) >= 11 is 1.59. The molecule has 1 aromatic heterocycles. The largest absolute Gasteiger partial charge is 0.488 e. The van der Waals surface area contributed by atoms with E-state index in [1.807, 2.05) is 66.7 Å². The molecule has 7 nitrogen and oxygen atoms in total. The fraction of sp³-hybridized carbons (Fsp3) is 0.152. The highest BCUT2D eigenvalue weighted by atomic mass is 32.1. The number of nitrogens with one attached hydrogen (secondary N) is 1. The Morgan fingerprint density at radius 2 is 1.71 bits per heavy atom. The smallest absolute Gasteiger partial charge is 0.269 e. The zero-order valence-electron chi connectivity index (χ0n) is 22.2. The third kappa shape index (κ3) is 5.73. The molecule has 1 aliphatic carbocycles. The Bertz CT molecular complexity index is 1760. The van der Waals surface area contributed by atoms with Gasteiger partial charge in [-0.05, 0) is 77.9 Å². The van der Waals surface area contributed by atoms with Crippen molar-refractivity contribution in [2.75, 3.05) is 5.32 Å². The van der Waals surface area contributed by atoms with Gasteiger partial charge in [-0.2, -0.15) is 0 Å². The van der Waals surface area contributed by atoms with Gasteiger partial charge in [-0.25, -0.2) is 4.99 Å². The molecule has 0 bridgehead atoms. The summed E-state index contributed by atoms with van der Waals surface area (Å²) in [6.45, 7) is 0.245. The average molecular weight is 562 g/mol. The van der Waals surface area contributed by atoms with Crippen LogP contribution in [-0.2, 0) is 19.4 Å².